The van der Waals surface area contributed by atoms with Gasteiger partial charge in [-0.1, -0.05) is 145 Å². The summed E-state index contributed by atoms with van der Waals surface area (Å²) in [5, 5.41) is 0. The van der Waals surface area contributed by atoms with Crippen LogP contribution >= 0.6 is 11.3 Å². The molecule has 4 heteroatoms. The van der Waals surface area contributed by atoms with E-state index < -0.39 is 0 Å². The van der Waals surface area contributed by atoms with Gasteiger partial charge in [0.15, 0.2) is 4.96 Å². The largest absolute Gasteiger partial charge is 0.308 e. The first-order chi connectivity index (χ1) is 22.4. The van der Waals surface area contributed by atoms with Gasteiger partial charge in [-0.25, -0.2) is 4.98 Å². The Labute approximate surface area is 264 Å². The summed E-state index contributed by atoms with van der Waals surface area (Å²) >= 11 is 1.74. The molecule has 0 bridgehead atoms. The molecule has 3 nitrogen and oxygen atoms in total. The van der Waals surface area contributed by atoms with Gasteiger partial charge in [-0.15, -0.1) is 0 Å². The third-order valence-corrected chi connectivity index (χ3v) is 9.60. The molecule has 212 valence electrons. The maximum absolute atomic E-state index is 5.35. The molecule has 0 spiro atoms. The number of hydrogen-bond donors (Lipinski definition) is 0. The van der Waals surface area contributed by atoms with E-state index in [2.05, 4.69) is 173 Å². The minimum absolute atomic E-state index is 1.00. The number of hydrogen-bond acceptors (Lipinski definition) is 2. The zero-order valence-electron chi connectivity index (χ0n) is 24.3. The van der Waals surface area contributed by atoms with Crippen molar-refractivity contribution in [3.05, 3.63) is 164 Å². The second-order valence-corrected chi connectivity index (χ2v) is 12.2. The molecule has 0 N–H and O–H groups in total. The lowest BCUT2D eigenvalue weighted by molar-refractivity contribution is 1.10. The van der Waals surface area contributed by atoms with Crippen LogP contribution in [0, 0.1) is 0 Å². The normalized spacial score (nSPS) is 11.6. The first-order valence-corrected chi connectivity index (χ1v) is 16.0. The SMILES string of the molecule is c1ccc(-c2c(-c3ccccc3)c(-c3cccc4c3nc3sc5ccccc5n34)n(-c3ccccc3)c2-c2ccccc2)cc1. The van der Waals surface area contributed by atoms with Crippen LogP contribution in [-0.4, -0.2) is 14.0 Å². The molecule has 0 amide bonds. The van der Waals surface area contributed by atoms with Gasteiger partial charge in [0.1, 0.15) is 0 Å². The minimum atomic E-state index is 1.00. The zero-order chi connectivity index (χ0) is 29.7. The molecule has 0 aliphatic heterocycles. The summed E-state index contributed by atoms with van der Waals surface area (Å²) in [5.41, 5.74) is 13.7. The smallest absolute Gasteiger partial charge is 0.195 e. The molecule has 3 heterocycles. The summed E-state index contributed by atoms with van der Waals surface area (Å²) < 4.78 is 6.01. The number of benzene rings is 6. The molecular formula is C41H27N3S. The first-order valence-electron chi connectivity index (χ1n) is 15.2. The molecule has 9 aromatic rings. The molecule has 0 unspecified atom stereocenters. The van der Waals surface area contributed by atoms with Crippen LogP contribution in [0.2, 0.25) is 0 Å². The van der Waals surface area contributed by atoms with E-state index in [1.54, 1.807) is 11.3 Å². The van der Waals surface area contributed by atoms with Gasteiger partial charge >= 0.3 is 0 Å². The lowest BCUT2D eigenvalue weighted by Crippen LogP contribution is -2.00. The third-order valence-electron chi connectivity index (χ3n) is 8.57. The van der Waals surface area contributed by atoms with E-state index in [-0.39, 0.29) is 0 Å². The van der Waals surface area contributed by atoms with E-state index in [4.69, 9.17) is 4.98 Å². The van der Waals surface area contributed by atoms with Crippen molar-refractivity contribution < 1.29 is 0 Å². The Morgan fingerprint density at radius 2 is 0.978 bits per heavy atom. The molecule has 0 aliphatic carbocycles. The summed E-state index contributed by atoms with van der Waals surface area (Å²) in [7, 11) is 0. The highest BCUT2D eigenvalue weighted by atomic mass is 32.1. The number of thiazole rings is 1. The molecule has 0 atom stereocenters. The van der Waals surface area contributed by atoms with Gasteiger partial charge in [-0.3, -0.25) is 4.40 Å². The van der Waals surface area contributed by atoms with Crippen LogP contribution in [0.25, 0.3) is 76.7 Å². The summed E-state index contributed by atoms with van der Waals surface area (Å²) in [5.74, 6) is 0. The summed E-state index contributed by atoms with van der Waals surface area (Å²) in [6.07, 6.45) is 0. The topological polar surface area (TPSA) is 22.2 Å². The van der Waals surface area contributed by atoms with Crippen molar-refractivity contribution in [1.29, 1.82) is 0 Å². The highest BCUT2D eigenvalue weighted by molar-refractivity contribution is 7.23. The van der Waals surface area contributed by atoms with Gasteiger partial charge in [0.2, 0.25) is 0 Å². The van der Waals surface area contributed by atoms with Gasteiger partial charge in [0, 0.05) is 22.4 Å². The zero-order valence-corrected chi connectivity index (χ0v) is 25.2. The average Bonchev–Trinajstić information content (AvgIpc) is 3.78. The Morgan fingerprint density at radius 1 is 0.444 bits per heavy atom. The molecule has 45 heavy (non-hydrogen) atoms. The van der Waals surface area contributed by atoms with Crippen molar-refractivity contribution in [2.24, 2.45) is 0 Å². The van der Waals surface area contributed by atoms with Crippen molar-refractivity contribution in [1.82, 2.24) is 14.0 Å². The second kappa shape index (κ2) is 10.5. The molecule has 9 rings (SSSR count). The second-order valence-electron chi connectivity index (χ2n) is 11.2. The lowest BCUT2D eigenvalue weighted by atomic mass is 9.91. The first kappa shape index (κ1) is 25.8. The van der Waals surface area contributed by atoms with Crippen LogP contribution in [0.4, 0.5) is 0 Å². The number of para-hydroxylation sites is 3. The maximum atomic E-state index is 5.35. The number of imidazole rings is 1. The van der Waals surface area contributed by atoms with E-state index in [1.165, 1.54) is 32.5 Å². The molecule has 0 radical (unpaired) electrons. The van der Waals surface area contributed by atoms with Crippen LogP contribution in [0.3, 0.4) is 0 Å². The Kier molecular flexibility index (Phi) is 6.00. The number of aromatic nitrogens is 3. The molecule has 0 aliphatic rings. The third kappa shape index (κ3) is 4.07. The number of fused-ring (bicyclic) bond motifs is 5. The Balaban J connectivity index is 1.51. The van der Waals surface area contributed by atoms with E-state index in [0.29, 0.717) is 0 Å². The van der Waals surface area contributed by atoms with Gasteiger partial charge in [0.25, 0.3) is 0 Å². The Morgan fingerprint density at radius 3 is 1.64 bits per heavy atom. The standard InChI is InChI=1S/C41H27N3S/c1-5-16-28(17-6-1)36-37(29-18-7-2-8-19-29)40(43(31-22-11-4-12-23-31)39(36)30-20-9-3-10-21-30)32-24-15-26-34-38(32)42-41-44(34)33-25-13-14-27-35(33)45-41/h1-27H. The van der Waals surface area contributed by atoms with Crippen LogP contribution in [0.15, 0.2) is 164 Å². The van der Waals surface area contributed by atoms with Gasteiger partial charge in [-0.05, 0) is 47.0 Å². The predicted octanol–water partition coefficient (Wildman–Crippen LogP) is 11.2. The van der Waals surface area contributed by atoms with Crippen molar-refractivity contribution in [3.8, 4) is 50.5 Å². The van der Waals surface area contributed by atoms with Gasteiger partial charge < -0.3 is 4.57 Å². The number of nitrogens with zero attached hydrogens (tertiary/aromatic N) is 3. The molecule has 0 saturated carbocycles. The maximum Gasteiger partial charge on any atom is 0.195 e. The fraction of sp³-hybridized carbons (Fsp3) is 0. The Hall–Kier alpha value is -5.71. The molecular weight excluding hydrogens is 567 g/mol. The molecule has 0 saturated heterocycles. The Bertz CT molecular complexity index is 2350. The molecule has 3 aromatic heterocycles. The van der Waals surface area contributed by atoms with Crippen molar-refractivity contribution in [2.75, 3.05) is 0 Å². The van der Waals surface area contributed by atoms with Crippen LogP contribution in [-0.2, 0) is 0 Å². The highest BCUT2D eigenvalue weighted by Gasteiger charge is 2.29. The van der Waals surface area contributed by atoms with Crippen LogP contribution in [0.1, 0.15) is 0 Å². The van der Waals surface area contributed by atoms with E-state index >= 15 is 0 Å². The quantitative estimate of drug-likeness (QED) is 0.195. The molecule has 6 aromatic carbocycles. The van der Waals surface area contributed by atoms with Crippen molar-refractivity contribution >= 4 is 37.5 Å². The van der Waals surface area contributed by atoms with Gasteiger partial charge in [0.05, 0.1) is 32.6 Å². The van der Waals surface area contributed by atoms with Crippen LogP contribution < -0.4 is 0 Å². The van der Waals surface area contributed by atoms with E-state index in [1.807, 2.05) is 0 Å². The molecule has 0 fully saturated rings. The predicted molar refractivity (Wildman–Crippen MR) is 189 cm³/mol. The van der Waals surface area contributed by atoms with E-state index in [0.717, 1.165) is 44.2 Å². The van der Waals surface area contributed by atoms with Crippen molar-refractivity contribution in [2.45, 2.75) is 0 Å². The fourth-order valence-electron chi connectivity index (χ4n) is 6.70. The summed E-state index contributed by atoms with van der Waals surface area (Å²) in [4.78, 5) is 6.35. The monoisotopic (exact) mass is 593 g/mol. The number of rotatable bonds is 5. The van der Waals surface area contributed by atoms with Crippen LogP contribution in [0.5, 0.6) is 0 Å². The van der Waals surface area contributed by atoms with Gasteiger partial charge in [-0.2, -0.15) is 0 Å². The van der Waals surface area contributed by atoms with Crippen molar-refractivity contribution in [3.63, 3.8) is 0 Å². The average molecular weight is 594 g/mol. The van der Waals surface area contributed by atoms with E-state index in [9.17, 15) is 0 Å². The summed E-state index contributed by atoms with van der Waals surface area (Å²) in [6.45, 7) is 0. The summed E-state index contributed by atoms with van der Waals surface area (Å²) in [6, 6.07) is 58.4. The minimum Gasteiger partial charge on any atom is -0.308 e. The highest BCUT2D eigenvalue weighted by Crippen LogP contribution is 2.51. The fourth-order valence-corrected chi connectivity index (χ4v) is 7.73. The lowest BCUT2D eigenvalue weighted by Gasteiger charge is -2.16.